The van der Waals surface area contributed by atoms with E-state index < -0.39 is 0 Å². The molecule has 0 unspecified atom stereocenters. The molecule has 1 aromatic heterocycles. The van der Waals surface area contributed by atoms with Gasteiger partial charge in [-0.1, -0.05) is 11.6 Å². The molecule has 0 atom stereocenters. The number of halogens is 1. The van der Waals surface area contributed by atoms with Crippen LogP contribution in [0.15, 0.2) is 41.0 Å². The Labute approximate surface area is 127 Å². The normalized spacial score (nSPS) is 9.95. The average Bonchev–Trinajstić information content (AvgIpc) is 2.97. The molecule has 5 nitrogen and oxygen atoms in total. The highest BCUT2D eigenvalue weighted by Gasteiger charge is 2.12. The Morgan fingerprint density at radius 3 is 2.90 bits per heavy atom. The second-order valence-corrected chi connectivity index (χ2v) is 4.78. The van der Waals surface area contributed by atoms with Crippen molar-refractivity contribution < 1.29 is 13.9 Å². The van der Waals surface area contributed by atoms with Crippen molar-refractivity contribution in [3.8, 4) is 11.8 Å². The summed E-state index contributed by atoms with van der Waals surface area (Å²) in [6, 6.07) is 10.2. The first kappa shape index (κ1) is 14.9. The zero-order valence-corrected chi connectivity index (χ0v) is 12.1. The van der Waals surface area contributed by atoms with Crippen LogP contribution in [-0.4, -0.2) is 24.5 Å². The maximum absolute atomic E-state index is 11.9. The van der Waals surface area contributed by atoms with Gasteiger partial charge >= 0.3 is 0 Å². The van der Waals surface area contributed by atoms with Gasteiger partial charge in [-0.15, -0.1) is 0 Å². The number of furan rings is 1. The molecule has 0 saturated carbocycles. The first-order valence-electron chi connectivity index (χ1n) is 6.19. The van der Waals surface area contributed by atoms with E-state index in [2.05, 4.69) is 0 Å². The van der Waals surface area contributed by atoms with E-state index in [9.17, 15) is 4.79 Å². The third kappa shape index (κ3) is 4.01. The molecule has 0 fully saturated rings. The van der Waals surface area contributed by atoms with Gasteiger partial charge in [-0.05, 0) is 24.3 Å². The van der Waals surface area contributed by atoms with Gasteiger partial charge in [0.15, 0.2) is 6.61 Å². The highest BCUT2D eigenvalue weighted by Crippen LogP contribution is 2.21. The molecule has 0 aliphatic carbocycles. The number of rotatable bonds is 5. The lowest BCUT2D eigenvalue weighted by molar-refractivity contribution is -0.132. The molecule has 1 heterocycles. The summed E-state index contributed by atoms with van der Waals surface area (Å²) in [6.45, 7) is 0.267. The smallest absolute Gasteiger partial charge is 0.260 e. The minimum Gasteiger partial charge on any atom is -0.484 e. The highest BCUT2D eigenvalue weighted by molar-refractivity contribution is 6.31. The maximum atomic E-state index is 11.9. The summed E-state index contributed by atoms with van der Waals surface area (Å²) in [4.78, 5) is 13.4. The van der Waals surface area contributed by atoms with Crippen LogP contribution in [0.2, 0.25) is 5.02 Å². The predicted molar refractivity (Wildman–Crippen MR) is 76.8 cm³/mol. The monoisotopic (exact) mass is 304 g/mol. The van der Waals surface area contributed by atoms with Crippen LogP contribution in [0, 0.1) is 11.3 Å². The van der Waals surface area contributed by atoms with Gasteiger partial charge in [0, 0.05) is 13.1 Å². The fourth-order valence-corrected chi connectivity index (χ4v) is 1.87. The van der Waals surface area contributed by atoms with Crippen LogP contribution in [0.25, 0.3) is 0 Å². The molecular formula is C15H13ClN2O3. The fraction of sp³-hybridized carbons (Fsp3) is 0.200. The van der Waals surface area contributed by atoms with Crippen LogP contribution in [-0.2, 0) is 11.3 Å². The van der Waals surface area contributed by atoms with Gasteiger partial charge in [0.2, 0.25) is 0 Å². The van der Waals surface area contributed by atoms with Crippen molar-refractivity contribution >= 4 is 17.5 Å². The van der Waals surface area contributed by atoms with Gasteiger partial charge in [0.25, 0.3) is 5.91 Å². The number of nitriles is 1. The van der Waals surface area contributed by atoms with E-state index in [0.717, 1.165) is 0 Å². The van der Waals surface area contributed by atoms with Crippen LogP contribution in [0.3, 0.4) is 0 Å². The molecule has 0 saturated heterocycles. The Kier molecular flexibility index (Phi) is 4.85. The van der Waals surface area contributed by atoms with Crippen molar-refractivity contribution in [3.05, 3.63) is 52.9 Å². The van der Waals surface area contributed by atoms with Crippen LogP contribution in [0.4, 0.5) is 0 Å². The largest absolute Gasteiger partial charge is 0.484 e. The summed E-state index contributed by atoms with van der Waals surface area (Å²) in [5.41, 5.74) is 0.366. The third-order valence-corrected chi connectivity index (χ3v) is 3.13. The average molecular weight is 305 g/mol. The number of likely N-dealkylation sites (N-methyl/N-ethyl adjacent to an activating group) is 1. The van der Waals surface area contributed by atoms with Crippen molar-refractivity contribution in [2.24, 2.45) is 0 Å². The third-order valence-electron chi connectivity index (χ3n) is 2.82. The van der Waals surface area contributed by atoms with Crippen molar-refractivity contribution in [1.29, 1.82) is 5.26 Å². The van der Waals surface area contributed by atoms with Gasteiger partial charge in [-0.3, -0.25) is 4.79 Å². The van der Waals surface area contributed by atoms with Crippen molar-refractivity contribution in [1.82, 2.24) is 4.90 Å². The van der Waals surface area contributed by atoms with E-state index in [0.29, 0.717) is 28.6 Å². The molecule has 0 bridgehead atoms. The predicted octanol–water partition coefficient (Wildman–Crippen LogP) is 2.84. The van der Waals surface area contributed by atoms with E-state index in [1.807, 2.05) is 6.07 Å². The van der Waals surface area contributed by atoms with E-state index in [1.165, 1.54) is 11.0 Å². The van der Waals surface area contributed by atoms with E-state index >= 15 is 0 Å². The Hall–Kier alpha value is -2.45. The lowest BCUT2D eigenvalue weighted by atomic mass is 10.2. The Morgan fingerprint density at radius 1 is 1.48 bits per heavy atom. The SMILES string of the molecule is CN(Cc1ccco1)C(=O)COc1ccc(C#N)c(Cl)c1. The summed E-state index contributed by atoms with van der Waals surface area (Å²) in [6.07, 6.45) is 1.56. The van der Waals surface area contributed by atoms with Gasteiger partial charge < -0.3 is 14.1 Å². The number of amides is 1. The van der Waals surface area contributed by atoms with Gasteiger partial charge in [-0.25, -0.2) is 0 Å². The number of benzene rings is 1. The Balaban J connectivity index is 1.89. The second-order valence-electron chi connectivity index (χ2n) is 4.37. The summed E-state index contributed by atoms with van der Waals surface area (Å²) >= 11 is 5.89. The number of carbonyl (C=O) groups is 1. The molecule has 0 aliphatic heterocycles. The second kappa shape index (κ2) is 6.82. The topological polar surface area (TPSA) is 66.5 Å². The molecule has 6 heteroatoms. The van der Waals surface area contributed by atoms with Crippen molar-refractivity contribution in [2.75, 3.05) is 13.7 Å². The zero-order chi connectivity index (χ0) is 15.2. The standard InChI is InChI=1S/C15H13ClN2O3/c1-18(9-13-3-2-6-20-13)15(19)10-21-12-5-4-11(8-17)14(16)7-12/h2-7H,9-10H2,1H3. The molecule has 0 aliphatic rings. The summed E-state index contributed by atoms with van der Waals surface area (Å²) in [7, 11) is 1.67. The number of hydrogen-bond donors (Lipinski definition) is 0. The molecule has 0 N–H and O–H groups in total. The molecule has 108 valence electrons. The number of ether oxygens (including phenoxy) is 1. The van der Waals surface area contributed by atoms with Crippen molar-refractivity contribution in [3.63, 3.8) is 0 Å². The van der Waals surface area contributed by atoms with E-state index in [4.69, 9.17) is 26.0 Å². The molecule has 1 aromatic carbocycles. The van der Waals surface area contributed by atoms with Crippen LogP contribution in [0.1, 0.15) is 11.3 Å². The first-order valence-corrected chi connectivity index (χ1v) is 6.56. The minimum absolute atomic E-state index is 0.112. The quantitative estimate of drug-likeness (QED) is 0.852. The highest BCUT2D eigenvalue weighted by atomic mass is 35.5. The Morgan fingerprint density at radius 2 is 2.29 bits per heavy atom. The number of nitrogens with zero attached hydrogens (tertiary/aromatic N) is 2. The lowest BCUT2D eigenvalue weighted by Crippen LogP contribution is -2.30. The molecule has 1 amide bonds. The van der Waals surface area contributed by atoms with Gasteiger partial charge in [0.05, 0.1) is 23.4 Å². The summed E-state index contributed by atoms with van der Waals surface area (Å²) in [5, 5.41) is 9.08. The molecule has 21 heavy (non-hydrogen) atoms. The Bertz CT molecular complexity index is 662. The van der Waals surface area contributed by atoms with E-state index in [1.54, 1.807) is 37.6 Å². The van der Waals surface area contributed by atoms with E-state index in [-0.39, 0.29) is 12.5 Å². The fourth-order valence-electron chi connectivity index (χ4n) is 1.66. The molecule has 2 rings (SSSR count). The van der Waals surface area contributed by atoms with Crippen LogP contribution >= 0.6 is 11.6 Å². The first-order chi connectivity index (χ1) is 10.1. The zero-order valence-electron chi connectivity index (χ0n) is 11.4. The maximum Gasteiger partial charge on any atom is 0.260 e. The number of carbonyl (C=O) groups excluding carboxylic acids is 1. The minimum atomic E-state index is -0.188. The van der Waals surface area contributed by atoms with Gasteiger partial charge in [0.1, 0.15) is 17.6 Å². The van der Waals surface area contributed by atoms with Crippen LogP contribution < -0.4 is 4.74 Å². The molecule has 0 radical (unpaired) electrons. The molecular weight excluding hydrogens is 292 g/mol. The van der Waals surface area contributed by atoms with Gasteiger partial charge in [-0.2, -0.15) is 5.26 Å². The summed E-state index contributed by atoms with van der Waals surface area (Å²) < 4.78 is 10.5. The molecule has 0 spiro atoms. The lowest BCUT2D eigenvalue weighted by Gasteiger charge is -2.16. The van der Waals surface area contributed by atoms with Crippen LogP contribution in [0.5, 0.6) is 5.75 Å². The van der Waals surface area contributed by atoms with Crippen molar-refractivity contribution in [2.45, 2.75) is 6.54 Å². The number of hydrogen-bond acceptors (Lipinski definition) is 4. The summed E-state index contributed by atoms with van der Waals surface area (Å²) in [5.74, 6) is 0.956. The molecule has 2 aromatic rings.